The summed E-state index contributed by atoms with van der Waals surface area (Å²) >= 11 is 0. The lowest BCUT2D eigenvalue weighted by atomic mass is 10.6. The molecule has 2 heteroatoms. The van der Waals surface area contributed by atoms with Crippen LogP contribution < -0.4 is 5.26 Å². The predicted molar refractivity (Wildman–Crippen MR) is 31.3 cm³/mol. The van der Waals surface area contributed by atoms with Gasteiger partial charge in [-0.25, -0.2) is 0 Å². The summed E-state index contributed by atoms with van der Waals surface area (Å²) in [5.41, 5.74) is 0. The Morgan fingerprint density at radius 2 is 2.00 bits per heavy atom. The van der Waals surface area contributed by atoms with Crippen LogP contribution >= 0.6 is 0 Å². The van der Waals surface area contributed by atoms with Gasteiger partial charge in [-0.3, -0.25) is 0 Å². The molecule has 1 fully saturated rings. The number of epoxide rings is 1. The van der Waals surface area contributed by atoms with Crippen LogP contribution in [0.4, 0.5) is 0 Å². The van der Waals surface area contributed by atoms with Crippen molar-refractivity contribution in [2.24, 2.45) is 0 Å². The van der Waals surface area contributed by atoms with Crippen molar-refractivity contribution >= 4 is 0 Å². The molecule has 0 aromatic rings. The van der Waals surface area contributed by atoms with Gasteiger partial charge in [-0.2, -0.15) is 0 Å². The van der Waals surface area contributed by atoms with Crippen LogP contribution in [0.2, 0.25) is 0 Å². The van der Waals surface area contributed by atoms with E-state index in [9.17, 15) is 5.26 Å². The van der Waals surface area contributed by atoms with E-state index in [-0.39, 0.29) is 6.10 Å². The van der Waals surface area contributed by atoms with Gasteiger partial charge in [-0.05, 0) is 6.92 Å². The van der Waals surface area contributed by atoms with E-state index in [2.05, 4.69) is 6.58 Å². The highest BCUT2D eigenvalue weighted by atomic mass is 17.3. The molecule has 2 nitrogen and oxygen atoms in total. The summed E-state index contributed by atoms with van der Waals surface area (Å²) < 4.78 is 1.66. The molecule has 1 unspecified atom stereocenters. The van der Waals surface area contributed by atoms with Crippen molar-refractivity contribution in [3.63, 3.8) is 0 Å². The molecule has 1 heterocycles. The van der Waals surface area contributed by atoms with Gasteiger partial charge in [0.2, 0.25) is 12.7 Å². The fourth-order valence-corrected chi connectivity index (χ4v) is 0.192. The Morgan fingerprint density at radius 1 is 1.88 bits per heavy atom. The quantitative estimate of drug-likeness (QED) is 0.195. The monoisotopic (exact) mass is 116 g/mol. The minimum atomic E-state index is 0.245. The fourth-order valence-electron chi connectivity index (χ4n) is 0.192. The molecule has 1 saturated heterocycles. The van der Waals surface area contributed by atoms with Crippen molar-refractivity contribution in [2.75, 3.05) is 6.61 Å². The van der Waals surface area contributed by atoms with Crippen molar-refractivity contribution < 1.29 is 9.78 Å². The molecule has 1 atom stereocenters. The van der Waals surface area contributed by atoms with Crippen molar-refractivity contribution in [3.05, 3.63) is 12.7 Å². The molecule has 0 spiro atoms. The Balaban J connectivity index is 0.000000145. The topological polar surface area (TPSA) is 25.8 Å². The van der Waals surface area contributed by atoms with E-state index < -0.39 is 0 Å². The van der Waals surface area contributed by atoms with Gasteiger partial charge in [0.1, 0.15) is 0 Å². The molecule has 1 aliphatic heterocycles. The smallest absolute Gasteiger partial charge is 0.228 e. The molecule has 0 aliphatic carbocycles. The maximum Gasteiger partial charge on any atom is 0.228 e. The molecule has 0 N–H and O–H groups in total. The predicted octanol–water partition coefficient (Wildman–Crippen LogP) is 0.408. The van der Waals surface area contributed by atoms with Crippen LogP contribution in [0.25, 0.3) is 0 Å². The maximum atomic E-state index is 9.72. The minimum absolute atomic E-state index is 0.245. The Morgan fingerprint density at radius 3 is 2.00 bits per heavy atom. The molecule has 1 aliphatic rings. The summed E-state index contributed by atoms with van der Waals surface area (Å²) in [6.07, 6.45) is 2.00. The lowest BCUT2D eigenvalue weighted by Crippen LogP contribution is -2.04. The molecule has 0 bridgehead atoms. The first-order valence-electron chi connectivity index (χ1n) is 2.66. The molecular formula is C6H12O2. The van der Waals surface area contributed by atoms with Crippen molar-refractivity contribution in [3.8, 4) is 0 Å². The third-order valence-electron chi connectivity index (χ3n) is 0.732. The van der Waals surface area contributed by atoms with Crippen LogP contribution in [0, 0.1) is 0 Å². The number of hydrogen-bond donors (Lipinski definition) is 0. The molecular weight excluding hydrogens is 104 g/mol. The van der Waals surface area contributed by atoms with E-state index in [0.717, 1.165) is 0 Å². The Labute approximate surface area is 50.0 Å². The number of allylic oxidation sites excluding steroid dienone is 1. The summed E-state index contributed by atoms with van der Waals surface area (Å²) in [4.78, 5) is 0. The van der Waals surface area contributed by atoms with Gasteiger partial charge in [0.15, 0.2) is 0 Å². The van der Waals surface area contributed by atoms with Gasteiger partial charge in [0.05, 0.1) is 0 Å². The second-order valence-corrected chi connectivity index (χ2v) is 1.77. The highest BCUT2D eigenvalue weighted by Gasteiger charge is 2.31. The molecule has 0 aromatic heterocycles. The second kappa shape index (κ2) is 3.64. The third-order valence-corrected chi connectivity index (χ3v) is 0.732. The van der Waals surface area contributed by atoms with E-state index in [4.69, 9.17) is 0 Å². The van der Waals surface area contributed by atoms with E-state index >= 15 is 0 Å². The van der Waals surface area contributed by atoms with Crippen molar-refractivity contribution in [1.29, 1.82) is 0 Å². The number of hydrogen-bond acceptors (Lipinski definition) is 1. The van der Waals surface area contributed by atoms with Crippen LogP contribution in [-0.4, -0.2) is 12.7 Å². The number of rotatable bonds is 0. The zero-order valence-electron chi connectivity index (χ0n) is 5.39. The SMILES string of the molecule is C=CC.CC1C[O+]1[O-]. The Kier molecular flexibility index (Phi) is 3.48. The molecule has 0 amide bonds. The van der Waals surface area contributed by atoms with Gasteiger partial charge in [-0.1, -0.05) is 6.08 Å². The van der Waals surface area contributed by atoms with Crippen LogP contribution in [0.1, 0.15) is 13.8 Å². The highest BCUT2D eigenvalue weighted by Crippen LogP contribution is 2.13. The van der Waals surface area contributed by atoms with E-state index in [1.165, 1.54) is 0 Å². The highest BCUT2D eigenvalue weighted by molar-refractivity contribution is 4.61. The average molecular weight is 116 g/mol. The van der Waals surface area contributed by atoms with Gasteiger partial charge in [0, 0.05) is 6.92 Å². The lowest BCUT2D eigenvalue weighted by molar-refractivity contribution is -0.736. The van der Waals surface area contributed by atoms with Crippen LogP contribution in [-0.2, 0) is 4.52 Å². The zero-order valence-corrected chi connectivity index (χ0v) is 5.39. The molecule has 8 heavy (non-hydrogen) atoms. The first kappa shape index (κ1) is 7.66. The summed E-state index contributed by atoms with van der Waals surface area (Å²) in [6.45, 7) is 7.79. The lowest BCUT2D eigenvalue weighted by Gasteiger charge is -1.88. The summed E-state index contributed by atoms with van der Waals surface area (Å²) in [7, 11) is 0. The standard InChI is InChI=1S/C3H6O2.C3H6/c1-3-2-5(3)4;1-3-2/h3H,2H2,1H3;3H,1H2,2H3. The summed E-state index contributed by atoms with van der Waals surface area (Å²) in [5, 5.41) is 9.72. The maximum absolute atomic E-state index is 9.72. The van der Waals surface area contributed by atoms with Gasteiger partial charge in [-0.15, -0.1) is 6.58 Å². The first-order chi connectivity index (χ1) is 3.72. The van der Waals surface area contributed by atoms with Crippen LogP contribution in [0.3, 0.4) is 0 Å². The second-order valence-electron chi connectivity index (χ2n) is 1.77. The van der Waals surface area contributed by atoms with E-state index in [0.29, 0.717) is 6.61 Å². The molecule has 0 saturated carbocycles. The Hall–Kier alpha value is -0.340. The Bertz CT molecular complexity index is 64.9. The van der Waals surface area contributed by atoms with Gasteiger partial charge in [0.25, 0.3) is 0 Å². The van der Waals surface area contributed by atoms with E-state index in [1.807, 2.05) is 13.8 Å². The summed E-state index contributed by atoms with van der Waals surface area (Å²) in [5.74, 6) is 0. The molecule has 1 rings (SSSR count). The van der Waals surface area contributed by atoms with Crippen LogP contribution in [0.15, 0.2) is 12.7 Å². The van der Waals surface area contributed by atoms with Crippen molar-refractivity contribution in [1.82, 2.24) is 0 Å². The molecule has 0 aromatic carbocycles. The van der Waals surface area contributed by atoms with Gasteiger partial charge < -0.3 is 9.78 Å². The summed E-state index contributed by atoms with van der Waals surface area (Å²) in [6, 6.07) is 0. The first-order valence-corrected chi connectivity index (χ1v) is 2.66. The fraction of sp³-hybridized carbons (Fsp3) is 0.667. The molecule has 0 radical (unpaired) electrons. The van der Waals surface area contributed by atoms with Gasteiger partial charge >= 0.3 is 0 Å². The third kappa shape index (κ3) is 3.84. The normalized spacial score (nSPS) is 25.6. The van der Waals surface area contributed by atoms with E-state index in [1.54, 1.807) is 10.6 Å². The minimum Gasteiger partial charge on any atom is -0.534 e. The van der Waals surface area contributed by atoms with Crippen molar-refractivity contribution in [2.45, 2.75) is 20.0 Å². The molecule has 48 valence electrons. The largest absolute Gasteiger partial charge is 0.534 e. The zero-order chi connectivity index (χ0) is 6.57. The van der Waals surface area contributed by atoms with Crippen LogP contribution in [0.5, 0.6) is 0 Å². The average Bonchev–Trinajstić information content (AvgIpc) is 2.22.